The smallest absolute Gasteiger partial charge is 0.272 e. The number of amides is 2. The predicted molar refractivity (Wildman–Crippen MR) is 43.7 cm³/mol. The Labute approximate surface area is 85.6 Å². The number of β-lactam (4-membered cyclic amide) rings is 2. The van der Waals surface area contributed by atoms with Gasteiger partial charge in [-0.25, -0.2) is 10.1 Å². The molecule has 0 aromatic heterocycles. The van der Waals surface area contributed by atoms with Gasteiger partial charge in [-0.2, -0.15) is 8.42 Å². The molecule has 2 rings (SSSR count). The van der Waals surface area contributed by atoms with E-state index in [1.807, 2.05) is 0 Å². The summed E-state index contributed by atoms with van der Waals surface area (Å²) < 4.78 is 30.8. The highest BCUT2D eigenvalue weighted by molar-refractivity contribution is 7.81. The maximum atomic E-state index is 11.1. The van der Waals surface area contributed by atoms with Crippen LogP contribution >= 0.6 is 0 Å². The number of hydroxylamine groups is 4. The van der Waals surface area contributed by atoms with Gasteiger partial charge in [0.25, 0.3) is 0 Å². The van der Waals surface area contributed by atoms with Crippen molar-refractivity contribution < 1.29 is 26.6 Å². The molecule has 0 radical (unpaired) electrons. The summed E-state index contributed by atoms with van der Waals surface area (Å²) in [5, 5.41) is 1.33. The molecule has 15 heavy (non-hydrogen) atoms. The Hall–Kier alpha value is -1.19. The number of hydrogen-bond donors (Lipinski definition) is 0. The van der Waals surface area contributed by atoms with Gasteiger partial charge < -0.3 is 0 Å². The first kappa shape index (κ1) is 10.3. The Balaban J connectivity index is 1.89. The van der Waals surface area contributed by atoms with E-state index < -0.39 is 22.2 Å². The summed E-state index contributed by atoms with van der Waals surface area (Å²) in [4.78, 5) is 21.5. The van der Waals surface area contributed by atoms with Crippen LogP contribution in [0.15, 0.2) is 0 Å². The second-order valence-corrected chi connectivity index (χ2v) is 4.16. The summed E-state index contributed by atoms with van der Waals surface area (Å²) in [6, 6.07) is 0. The third-order valence-electron chi connectivity index (χ3n) is 1.98. The lowest BCUT2D eigenvalue weighted by molar-refractivity contribution is -0.190. The van der Waals surface area contributed by atoms with Gasteiger partial charge in [0.15, 0.2) is 0 Å². The van der Waals surface area contributed by atoms with Crippen molar-refractivity contribution in [3.05, 3.63) is 0 Å². The third kappa shape index (κ3) is 2.08. The molecule has 0 spiro atoms. The topological polar surface area (TPSA) is 93.2 Å². The van der Waals surface area contributed by atoms with Crippen LogP contribution in [0.1, 0.15) is 12.8 Å². The van der Waals surface area contributed by atoms with E-state index in [2.05, 4.69) is 8.57 Å². The van der Waals surface area contributed by atoms with Crippen molar-refractivity contribution in [2.45, 2.75) is 12.8 Å². The molecule has 2 saturated heterocycles. The zero-order chi connectivity index (χ0) is 11.1. The van der Waals surface area contributed by atoms with Gasteiger partial charge in [-0.1, -0.05) is 0 Å². The molecular weight excluding hydrogens is 228 g/mol. The van der Waals surface area contributed by atoms with Crippen molar-refractivity contribution >= 4 is 22.2 Å². The number of carbonyl (C=O) groups is 2. The number of rotatable bonds is 4. The fourth-order valence-electron chi connectivity index (χ4n) is 0.980. The molecule has 2 aliphatic heterocycles. The molecular formula is C6H8N2O6S. The van der Waals surface area contributed by atoms with E-state index in [9.17, 15) is 18.0 Å². The Morgan fingerprint density at radius 2 is 1.33 bits per heavy atom. The van der Waals surface area contributed by atoms with Crippen LogP contribution in [0.2, 0.25) is 0 Å². The largest absolute Gasteiger partial charge is 0.442 e. The quantitative estimate of drug-likeness (QED) is 0.555. The lowest BCUT2D eigenvalue weighted by Crippen LogP contribution is -2.48. The van der Waals surface area contributed by atoms with Gasteiger partial charge >= 0.3 is 10.4 Å². The van der Waals surface area contributed by atoms with Crippen LogP contribution < -0.4 is 0 Å². The SMILES string of the molecule is O=C1CCN1OS(=O)(=O)ON1CCC1=O. The second-order valence-electron chi connectivity index (χ2n) is 3.05. The Kier molecular flexibility index (Phi) is 2.37. The van der Waals surface area contributed by atoms with Crippen LogP contribution in [0.25, 0.3) is 0 Å². The van der Waals surface area contributed by atoms with Crippen LogP contribution in [0.5, 0.6) is 0 Å². The van der Waals surface area contributed by atoms with Crippen LogP contribution in [0.3, 0.4) is 0 Å². The zero-order valence-corrected chi connectivity index (χ0v) is 8.40. The molecule has 0 unspecified atom stereocenters. The lowest BCUT2D eigenvalue weighted by atomic mass is 10.3. The highest BCUT2D eigenvalue weighted by Crippen LogP contribution is 2.16. The Morgan fingerprint density at radius 1 is 0.933 bits per heavy atom. The van der Waals surface area contributed by atoms with Crippen molar-refractivity contribution in [2.24, 2.45) is 0 Å². The van der Waals surface area contributed by atoms with Gasteiger partial charge in [0.2, 0.25) is 11.8 Å². The molecule has 2 aliphatic rings. The first-order valence-electron chi connectivity index (χ1n) is 4.23. The molecule has 2 amide bonds. The standard InChI is InChI=1S/C6H8N2O6S/c9-5-1-3-7(5)13-15(11,12)14-8-4-2-6(8)10/h1-4H2. The lowest BCUT2D eigenvalue weighted by Gasteiger charge is -2.31. The molecule has 0 aliphatic carbocycles. The molecule has 2 fully saturated rings. The first-order valence-corrected chi connectivity index (χ1v) is 5.56. The summed E-state index contributed by atoms with van der Waals surface area (Å²) in [5.41, 5.74) is 0. The van der Waals surface area contributed by atoms with E-state index in [4.69, 9.17) is 0 Å². The average Bonchev–Trinajstić information content (AvgIpc) is 2.19. The monoisotopic (exact) mass is 236 g/mol. The molecule has 0 atom stereocenters. The van der Waals surface area contributed by atoms with E-state index in [0.717, 1.165) is 0 Å². The highest BCUT2D eigenvalue weighted by atomic mass is 32.3. The second kappa shape index (κ2) is 3.43. The number of carbonyl (C=O) groups excluding carboxylic acids is 2. The maximum absolute atomic E-state index is 11.1. The molecule has 9 heteroatoms. The fraction of sp³-hybridized carbons (Fsp3) is 0.667. The highest BCUT2D eigenvalue weighted by Gasteiger charge is 2.35. The third-order valence-corrected chi connectivity index (χ3v) is 2.70. The minimum absolute atomic E-state index is 0.204. The van der Waals surface area contributed by atoms with Crippen molar-refractivity contribution in [1.29, 1.82) is 0 Å². The van der Waals surface area contributed by atoms with E-state index in [1.54, 1.807) is 0 Å². The van der Waals surface area contributed by atoms with Gasteiger partial charge in [0.1, 0.15) is 0 Å². The van der Waals surface area contributed by atoms with Gasteiger partial charge in [0.05, 0.1) is 13.1 Å². The average molecular weight is 236 g/mol. The van der Waals surface area contributed by atoms with Gasteiger partial charge in [-0.3, -0.25) is 9.59 Å². The van der Waals surface area contributed by atoms with E-state index >= 15 is 0 Å². The van der Waals surface area contributed by atoms with Gasteiger partial charge in [-0.05, 0) is 0 Å². The Bertz CT molecular complexity index is 372. The maximum Gasteiger partial charge on any atom is 0.442 e. The van der Waals surface area contributed by atoms with E-state index in [1.165, 1.54) is 0 Å². The predicted octanol–water partition coefficient (Wildman–Crippen LogP) is -1.44. The van der Waals surface area contributed by atoms with Gasteiger partial charge in [-0.15, -0.1) is 8.57 Å². The van der Waals surface area contributed by atoms with Crippen molar-refractivity contribution in [3.8, 4) is 0 Å². The Morgan fingerprint density at radius 3 is 1.53 bits per heavy atom. The van der Waals surface area contributed by atoms with Crippen LogP contribution in [0, 0.1) is 0 Å². The minimum atomic E-state index is -4.36. The van der Waals surface area contributed by atoms with Crippen molar-refractivity contribution in [3.63, 3.8) is 0 Å². The fourth-order valence-corrected chi connectivity index (χ4v) is 1.76. The van der Waals surface area contributed by atoms with Crippen molar-refractivity contribution in [2.75, 3.05) is 13.1 Å². The van der Waals surface area contributed by atoms with Gasteiger partial charge in [0, 0.05) is 12.8 Å². The summed E-state index contributed by atoms with van der Waals surface area (Å²) in [7, 11) is -4.36. The summed E-state index contributed by atoms with van der Waals surface area (Å²) in [5.74, 6) is -0.866. The molecule has 0 aromatic carbocycles. The molecule has 0 saturated carbocycles. The van der Waals surface area contributed by atoms with Crippen molar-refractivity contribution in [1.82, 2.24) is 10.1 Å². The molecule has 84 valence electrons. The molecule has 8 nitrogen and oxygen atoms in total. The zero-order valence-electron chi connectivity index (χ0n) is 7.58. The van der Waals surface area contributed by atoms with Crippen LogP contribution in [-0.2, 0) is 28.6 Å². The summed E-state index contributed by atoms with van der Waals surface area (Å²) in [6.45, 7) is 0.407. The molecule has 0 N–H and O–H groups in total. The normalized spacial score (nSPS) is 21.3. The summed E-state index contributed by atoms with van der Waals surface area (Å²) in [6.07, 6.45) is 0.496. The van der Waals surface area contributed by atoms with Crippen LogP contribution in [0.4, 0.5) is 0 Å². The molecule has 0 aromatic rings. The summed E-state index contributed by atoms with van der Waals surface area (Å²) >= 11 is 0. The molecule has 2 heterocycles. The minimum Gasteiger partial charge on any atom is -0.272 e. The molecule has 0 bridgehead atoms. The first-order chi connectivity index (χ1) is 6.98. The van der Waals surface area contributed by atoms with E-state index in [0.29, 0.717) is 10.1 Å². The van der Waals surface area contributed by atoms with Crippen LogP contribution in [-0.4, -0.2) is 43.4 Å². The number of hydrogen-bond acceptors (Lipinski definition) is 6. The number of nitrogens with zero attached hydrogens (tertiary/aromatic N) is 2. The van der Waals surface area contributed by atoms with E-state index in [-0.39, 0.29) is 25.9 Å².